The molecule has 3 nitrogen and oxygen atoms in total. The van der Waals surface area contributed by atoms with Crippen molar-refractivity contribution in [2.75, 3.05) is 12.3 Å². The van der Waals surface area contributed by atoms with Crippen molar-refractivity contribution in [1.82, 2.24) is 4.98 Å². The summed E-state index contributed by atoms with van der Waals surface area (Å²) in [6.07, 6.45) is 6.17. The first kappa shape index (κ1) is 10.0. The van der Waals surface area contributed by atoms with Gasteiger partial charge in [-0.3, -0.25) is 0 Å². The summed E-state index contributed by atoms with van der Waals surface area (Å²) in [5.41, 5.74) is 11.8. The molecule has 0 radical (unpaired) electrons. The number of hydrogen-bond acceptors (Lipinski definition) is 3. The smallest absolute Gasteiger partial charge is 0.130 e. The quantitative estimate of drug-likeness (QED) is 0.775. The Morgan fingerprint density at radius 3 is 3.00 bits per heavy atom. The van der Waals surface area contributed by atoms with Crippen LogP contribution in [0, 0.1) is 0 Å². The molecule has 0 bridgehead atoms. The number of anilines is 1. The number of pyridine rings is 1. The van der Waals surface area contributed by atoms with Gasteiger partial charge in [0.05, 0.1) is 5.02 Å². The zero-order valence-corrected chi connectivity index (χ0v) is 7.96. The number of aromatic nitrogens is 1. The van der Waals surface area contributed by atoms with Gasteiger partial charge in [0.25, 0.3) is 0 Å². The van der Waals surface area contributed by atoms with E-state index in [2.05, 4.69) is 4.98 Å². The van der Waals surface area contributed by atoms with Crippen LogP contribution in [-0.4, -0.2) is 11.5 Å². The molecule has 1 heterocycles. The zero-order valence-electron chi connectivity index (χ0n) is 7.20. The Morgan fingerprint density at radius 2 is 2.31 bits per heavy atom. The summed E-state index contributed by atoms with van der Waals surface area (Å²) in [6.45, 7) is 0.629. The summed E-state index contributed by atoms with van der Waals surface area (Å²) >= 11 is 5.75. The first-order valence-corrected chi connectivity index (χ1v) is 4.39. The average molecular weight is 198 g/mol. The second kappa shape index (κ2) is 4.84. The lowest BCUT2D eigenvalue weighted by atomic mass is 10.2. The average Bonchev–Trinajstić information content (AvgIpc) is 2.11. The number of hydrogen-bond donors (Lipinski definition) is 2. The minimum Gasteiger partial charge on any atom is -0.383 e. The summed E-state index contributed by atoms with van der Waals surface area (Å²) in [4.78, 5) is 3.92. The van der Waals surface area contributed by atoms with Crippen LogP contribution in [0.1, 0.15) is 12.0 Å². The first-order chi connectivity index (χ1) is 6.24. The molecule has 0 aliphatic carbocycles. The molecule has 0 atom stereocenters. The SMILES string of the molecule is NCC/C=C/c1cc(Cl)cnc1N. The lowest BCUT2D eigenvalue weighted by Gasteiger charge is -1.98. The highest BCUT2D eigenvalue weighted by Gasteiger charge is 1.96. The molecule has 13 heavy (non-hydrogen) atoms. The second-order valence-electron chi connectivity index (χ2n) is 2.61. The number of nitrogens with zero attached hydrogens (tertiary/aromatic N) is 1. The third-order valence-electron chi connectivity index (χ3n) is 1.55. The summed E-state index contributed by atoms with van der Waals surface area (Å²) in [6, 6.07) is 1.77. The van der Waals surface area contributed by atoms with Crippen molar-refractivity contribution in [2.24, 2.45) is 5.73 Å². The molecule has 1 aromatic heterocycles. The van der Waals surface area contributed by atoms with Gasteiger partial charge in [-0.25, -0.2) is 4.98 Å². The van der Waals surface area contributed by atoms with E-state index in [1.807, 2.05) is 12.2 Å². The molecular weight excluding hydrogens is 186 g/mol. The van der Waals surface area contributed by atoms with Crippen molar-refractivity contribution in [2.45, 2.75) is 6.42 Å². The standard InChI is InChI=1S/C9H12ClN3/c10-8-5-7(3-1-2-4-11)9(12)13-6-8/h1,3,5-6H,2,4,11H2,(H2,12,13)/b3-1+. The molecule has 0 aliphatic heterocycles. The number of halogens is 1. The van der Waals surface area contributed by atoms with E-state index in [0.29, 0.717) is 17.4 Å². The molecule has 1 rings (SSSR count). The lowest BCUT2D eigenvalue weighted by Crippen LogP contribution is -1.96. The fourth-order valence-corrected chi connectivity index (χ4v) is 1.07. The molecule has 0 unspecified atom stereocenters. The minimum absolute atomic E-state index is 0.484. The molecule has 4 N–H and O–H groups in total. The van der Waals surface area contributed by atoms with Crippen molar-refractivity contribution in [3.05, 3.63) is 28.9 Å². The number of rotatable bonds is 3. The van der Waals surface area contributed by atoms with Gasteiger partial charge in [-0.1, -0.05) is 23.8 Å². The molecule has 0 aliphatic rings. The van der Waals surface area contributed by atoms with E-state index in [-0.39, 0.29) is 0 Å². The van der Waals surface area contributed by atoms with Crippen LogP contribution in [0.2, 0.25) is 5.02 Å². The van der Waals surface area contributed by atoms with E-state index in [4.69, 9.17) is 23.1 Å². The Balaban J connectivity index is 2.81. The molecule has 0 spiro atoms. The molecule has 0 amide bonds. The van der Waals surface area contributed by atoms with Gasteiger partial charge in [-0.2, -0.15) is 0 Å². The molecule has 1 aromatic rings. The fourth-order valence-electron chi connectivity index (χ4n) is 0.906. The summed E-state index contributed by atoms with van der Waals surface area (Å²) in [7, 11) is 0. The van der Waals surface area contributed by atoms with Crippen molar-refractivity contribution in [3.63, 3.8) is 0 Å². The van der Waals surface area contributed by atoms with Crippen molar-refractivity contribution in [3.8, 4) is 0 Å². The summed E-state index contributed by atoms with van der Waals surface area (Å²) in [5.74, 6) is 0.484. The Hall–Kier alpha value is -1.06. The first-order valence-electron chi connectivity index (χ1n) is 4.01. The van der Waals surface area contributed by atoms with Gasteiger partial charge in [0, 0.05) is 11.8 Å². The van der Waals surface area contributed by atoms with E-state index in [1.54, 1.807) is 6.07 Å². The molecule has 0 saturated carbocycles. The van der Waals surface area contributed by atoms with Crippen molar-refractivity contribution >= 4 is 23.5 Å². The van der Waals surface area contributed by atoms with E-state index in [1.165, 1.54) is 6.20 Å². The summed E-state index contributed by atoms with van der Waals surface area (Å²) in [5, 5.41) is 0.585. The Kier molecular flexibility index (Phi) is 3.73. The van der Waals surface area contributed by atoms with Gasteiger partial charge in [-0.05, 0) is 19.0 Å². The zero-order chi connectivity index (χ0) is 9.68. The maximum Gasteiger partial charge on any atom is 0.130 e. The van der Waals surface area contributed by atoms with Crippen LogP contribution >= 0.6 is 11.6 Å². The lowest BCUT2D eigenvalue weighted by molar-refractivity contribution is 1.01. The van der Waals surface area contributed by atoms with E-state index < -0.39 is 0 Å². The number of nitrogens with two attached hydrogens (primary N) is 2. The molecule has 0 saturated heterocycles. The second-order valence-corrected chi connectivity index (χ2v) is 3.04. The van der Waals surface area contributed by atoms with Gasteiger partial charge >= 0.3 is 0 Å². The van der Waals surface area contributed by atoms with Gasteiger partial charge < -0.3 is 11.5 Å². The van der Waals surface area contributed by atoms with Crippen molar-refractivity contribution in [1.29, 1.82) is 0 Å². The maximum absolute atomic E-state index is 5.75. The van der Waals surface area contributed by atoms with Crippen LogP contribution < -0.4 is 11.5 Å². The van der Waals surface area contributed by atoms with Gasteiger partial charge in [0.1, 0.15) is 5.82 Å². The predicted octanol–water partition coefficient (Wildman–Crippen LogP) is 1.68. The van der Waals surface area contributed by atoms with Crippen LogP contribution in [0.3, 0.4) is 0 Å². The van der Waals surface area contributed by atoms with Crippen LogP contribution in [0.15, 0.2) is 18.3 Å². The molecular formula is C9H12ClN3. The Morgan fingerprint density at radius 1 is 1.54 bits per heavy atom. The monoisotopic (exact) mass is 197 g/mol. The Labute approximate surface area is 82.4 Å². The topological polar surface area (TPSA) is 64.9 Å². The molecule has 70 valence electrons. The van der Waals surface area contributed by atoms with Gasteiger partial charge in [-0.15, -0.1) is 0 Å². The minimum atomic E-state index is 0.484. The van der Waals surface area contributed by atoms with Crippen LogP contribution in [0.5, 0.6) is 0 Å². The van der Waals surface area contributed by atoms with Gasteiger partial charge in [0.15, 0.2) is 0 Å². The molecule has 0 fully saturated rings. The number of nitrogen functional groups attached to an aromatic ring is 1. The normalized spacial score (nSPS) is 10.9. The molecule has 0 aromatic carbocycles. The highest BCUT2D eigenvalue weighted by atomic mass is 35.5. The Bertz CT molecular complexity index is 310. The highest BCUT2D eigenvalue weighted by Crippen LogP contribution is 2.16. The van der Waals surface area contributed by atoms with E-state index in [9.17, 15) is 0 Å². The molecule has 4 heteroatoms. The van der Waals surface area contributed by atoms with Crippen LogP contribution in [0.4, 0.5) is 5.82 Å². The predicted molar refractivity (Wildman–Crippen MR) is 56.4 cm³/mol. The van der Waals surface area contributed by atoms with Crippen LogP contribution in [-0.2, 0) is 0 Å². The summed E-state index contributed by atoms with van der Waals surface area (Å²) < 4.78 is 0. The maximum atomic E-state index is 5.75. The van der Waals surface area contributed by atoms with Crippen molar-refractivity contribution < 1.29 is 0 Å². The third-order valence-corrected chi connectivity index (χ3v) is 1.75. The third kappa shape index (κ3) is 3.05. The van der Waals surface area contributed by atoms with Crippen LogP contribution in [0.25, 0.3) is 6.08 Å². The van der Waals surface area contributed by atoms with Gasteiger partial charge in [0.2, 0.25) is 0 Å². The van der Waals surface area contributed by atoms with E-state index in [0.717, 1.165) is 12.0 Å². The highest BCUT2D eigenvalue weighted by molar-refractivity contribution is 6.30. The van der Waals surface area contributed by atoms with E-state index >= 15 is 0 Å². The fraction of sp³-hybridized carbons (Fsp3) is 0.222. The largest absolute Gasteiger partial charge is 0.383 e.